The van der Waals surface area contributed by atoms with Crippen LogP contribution in [0.3, 0.4) is 0 Å². The molecule has 0 radical (unpaired) electrons. The van der Waals surface area contributed by atoms with Gasteiger partial charge < -0.3 is 9.84 Å². The third kappa shape index (κ3) is 3.65. The monoisotopic (exact) mass is 186 g/mol. The van der Waals surface area contributed by atoms with Gasteiger partial charge in [-0.15, -0.1) is 0 Å². The molecule has 0 aromatic rings. The average molecular weight is 186 g/mol. The molecule has 0 amide bonds. The molecule has 78 valence electrons. The second-order valence-electron chi connectivity index (χ2n) is 4.01. The van der Waals surface area contributed by atoms with Crippen molar-refractivity contribution in [2.24, 2.45) is 0 Å². The van der Waals surface area contributed by atoms with Crippen molar-refractivity contribution >= 4 is 0 Å². The Hall–Kier alpha value is -0.0800. The van der Waals surface area contributed by atoms with Crippen molar-refractivity contribution in [2.75, 3.05) is 0 Å². The summed E-state index contributed by atoms with van der Waals surface area (Å²) in [6.07, 6.45) is 6.91. The first-order chi connectivity index (χ1) is 6.26. The maximum Gasteiger partial charge on any atom is 0.0580 e. The van der Waals surface area contributed by atoms with E-state index >= 15 is 0 Å². The molecular weight excluding hydrogens is 164 g/mol. The van der Waals surface area contributed by atoms with Crippen LogP contribution in [0.15, 0.2) is 0 Å². The first-order valence-corrected chi connectivity index (χ1v) is 5.59. The molecule has 0 atom stereocenters. The molecular formula is C11H22O2. The summed E-state index contributed by atoms with van der Waals surface area (Å²) in [6.45, 7) is 4.34. The minimum atomic E-state index is -0.0680. The Kier molecular flexibility index (Phi) is 4.74. The second-order valence-corrected chi connectivity index (χ2v) is 4.01. The third-order valence-corrected chi connectivity index (χ3v) is 2.94. The Bertz CT molecular complexity index is 124. The summed E-state index contributed by atoms with van der Waals surface area (Å²) in [6, 6.07) is 0. The van der Waals surface area contributed by atoms with Gasteiger partial charge in [0.25, 0.3) is 0 Å². The van der Waals surface area contributed by atoms with E-state index in [9.17, 15) is 5.11 Å². The van der Waals surface area contributed by atoms with Gasteiger partial charge in [-0.2, -0.15) is 0 Å². The van der Waals surface area contributed by atoms with Crippen molar-refractivity contribution < 1.29 is 9.84 Å². The van der Waals surface area contributed by atoms with Gasteiger partial charge >= 0.3 is 0 Å². The number of ether oxygens (including phenoxy) is 1. The SMILES string of the molecule is CCC(CC)OC1CCC(O)CC1. The lowest BCUT2D eigenvalue weighted by molar-refractivity contribution is -0.0500. The number of hydrogen-bond acceptors (Lipinski definition) is 2. The van der Waals surface area contributed by atoms with Crippen molar-refractivity contribution in [1.29, 1.82) is 0 Å². The van der Waals surface area contributed by atoms with Crippen molar-refractivity contribution in [1.82, 2.24) is 0 Å². The second kappa shape index (κ2) is 5.61. The molecule has 0 aliphatic heterocycles. The van der Waals surface area contributed by atoms with E-state index in [4.69, 9.17) is 4.74 Å². The van der Waals surface area contributed by atoms with Gasteiger partial charge in [0.2, 0.25) is 0 Å². The van der Waals surface area contributed by atoms with E-state index in [-0.39, 0.29) is 6.10 Å². The molecule has 0 spiro atoms. The molecule has 0 aromatic heterocycles. The zero-order chi connectivity index (χ0) is 9.68. The highest BCUT2D eigenvalue weighted by Gasteiger charge is 2.21. The van der Waals surface area contributed by atoms with Gasteiger partial charge in [0, 0.05) is 0 Å². The summed E-state index contributed by atoms with van der Waals surface area (Å²) in [5, 5.41) is 9.32. The van der Waals surface area contributed by atoms with Gasteiger partial charge in [-0.1, -0.05) is 13.8 Å². The molecule has 1 N–H and O–H groups in total. The van der Waals surface area contributed by atoms with Crippen molar-refractivity contribution in [3.63, 3.8) is 0 Å². The molecule has 0 aromatic carbocycles. The van der Waals surface area contributed by atoms with Crippen LogP contribution < -0.4 is 0 Å². The summed E-state index contributed by atoms with van der Waals surface area (Å²) in [7, 11) is 0. The van der Waals surface area contributed by atoms with Gasteiger partial charge in [0.15, 0.2) is 0 Å². The summed E-state index contributed by atoms with van der Waals surface area (Å²) in [5.41, 5.74) is 0. The summed E-state index contributed by atoms with van der Waals surface area (Å²) in [5.74, 6) is 0. The standard InChI is InChI=1S/C11H22O2/c1-3-10(4-2)13-11-7-5-9(12)6-8-11/h9-12H,3-8H2,1-2H3. The maximum absolute atomic E-state index is 9.32. The molecule has 1 fully saturated rings. The van der Waals surface area contributed by atoms with Gasteiger partial charge in [0.05, 0.1) is 18.3 Å². The number of hydrogen-bond donors (Lipinski definition) is 1. The molecule has 1 saturated carbocycles. The largest absolute Gasteiger partial charge is 0.393 e. The molecule has 0 bridgehead atoms. The van der Waals surface area contributed by atoms with Crippen LogP contribution in [-0.4, -0.2) is 23.4 Å². The molecule has 1 aliphatic rings. The fourth-order valence-corrected chi connectivity index (χ4v) is 1.93. The van der Waals surface area contributed by atoms with E-state index in [0.29, 0.717) is 12.2 Å². The van der Waals surface area contributed by atoms with Crippen LogP contribution in [-0.2, 0) is 4.74 Å². The first kappa shape index (κ1) is 11.0. The highest BCUT2D eigenvalue weighted by molar-refractivity contribution is 4.72. The van der Waals surface area contributed by atoms with Gasteiger partial charge in [0.1, 0.15) is 0 Å². The molecule has 0 saturated heterocycles. The zero-order valence-electron chi connectivity index (χ0n) is 8.83. The van der Waals surface area contributed by atoms with Crippen molar-refractivity contribution in [2.45, 2.75) is 70.7 Å². The van der Waals surface area contributed by atoms with Crippen LogP contribution in [0.25, 0.3) is 0 Å². The molecule has 0 heterocycles. The minimum absolute atomic E-state index is 0.0680. The molecule has 2 heteroatoms. The van der Waals surface area contributed by atoms with E-state index in [2.05, 4.69) is 13.8 Å². The van der Waals surface area contributed by atoms with Gasteiger partial charge in [-0.3, -0.25) is 0 Å². The van der Waals surface area contributed by atoms with Crippen LogP contribution in [0.5, 0.6) is 0 Å². The average Bonchev–Trinajstić information content (AvgIpc) is 2.17. The van der Waals surface area contributed by atoms with E-state index in [1.54, 1.807) is 0 Å². The third-order valence-electron chi connectivity index (χ3n) is 2.94. The Labute approximate surface area is 81.3 Å². The Balaban J connectivity index is 2.21. The van der Waals surface area contributed by atoms with Crippen LogP contribution in [0.4, 0.5) is 0 Å². The predicted octanol–water partition coefficient (Wildman–Crippen LogP) is 2.50. The number of aliphatic hydroxyl groups excluding tert-OH is 1. The molecule has 13 heavy (non-hydrogen) atoms. The fraction of sp³-hybridized carbons (Fsp3) is 1.00. The van der Waals surface area contributed by atoms with Crippen molar-refractivity contribution in [3.8, 4) is 0 Å². The Morgan fingerprint density at radius 2 is 1.69 bits per heavy atom. The summed E-state index contributed by atoms with van der Waals surface area (Å²) < 4.78 is 5.93. The van der Waals surface area contributed by atoms with Crippen molar-refractivity contribution in [3.05, 3.63) is 0 Å². The lowest BCUT2D eigenvalue weighted by atomic mass is 9.95. The highest BCUT2D eigenvalue weighted by atomic mass is 16.5. The fourth-order valence-electron chi connectivity index (χ4n) is 1.93. The summed E-state index contributed by atoms with van der Waals surface area (Å²) >= 11 is 0. The minimum Gasteiger partial charge on any atom is -0.393 e. The molecule has 1 aliphatic carbocycles. The van der Waals surface area contributed by atoms with E-state index in [0.717, 1.165) is 38.5 Å². The van der Waals surface area contributed by atoms with Crippen LogP contribution in [0.2, 0.25) is 0 Å². The molecule has 2 nitrogen and oxygen atoms in total. The van der Waals surface area contributed by atoms with Gasteiger partial charge in [-0.05, 0) is 38.5 Å². The molecule has 1 rings (SSSR count). The van der Waals surface area contributed by atoms with Crippen LogP contribution in [0.1, 0.15) is 52.4 Å². The zero-order valence-corrected chi connectivity index (χ0v) is 8.83. The highest BCUT2D eigenvalue weighted by Crippen LogP contribution is 2.23. The van der Waals surface area contributed by atoms with Gasteiger partial charge in [-0.25, -0.2) is 0 Å². The number of aliphatic hydroxyl groups is 1. The lowest BCUT2D eigenvalue weighted by Gasteiger charge is -2.28. The quantitative estimate of drug-likeness (QED) is 0.731. The Morgan fingerprint density at radius 1 is 1.15 bits per heavy atom. The van der Waals surface area contributed by atoms with E-state index < -0.39 is 0 Å². The molecule has 0 unspecified atom stereocenters. The number of rotatable bonds is 4. The van der Waals surface area contributed by atoms with Crippen LogP contribution in [0, 0.1) is 0 Å². The van der Waals surface area contributed by atoms with E-state index in [1.165, 1.54) is 0 Å². The van der Waals surface area contributed by atoms with E-state index in [1.807, 2.05) is 0 Å². The van der Waals surface area contributed by atoms with Crippen LogP contribution >= 0.6 is 0 Å². The predicted molar refractivity (Wildman–Crippen MR) is 53.7 cm³/mol. The maximum atomic E-state index is 9.32. The first-order valence-electron chi connectivity index (χ1n) is 5.59. The normalized spacial score (nSPS) is 29.5. The smallest absolute Gasteiger partial charge is 0.0580 e. The topological polar surface area (TPSA) is 29.5 Å². The summed E-state index contributed by atoms with van der Waals surface area (Å²) in [4.78, 5) is 0. The lowest BCUT2D eigenvalue weighted by Crippen LogP contribution is -2.28. The Morgan fingerprint density at radius 3 is 2.15 bits per heavy atom.